The molecular weight excluding hydrogens is 992 g/mol. The molecule has 0 bridgehead atoms. The Bertz CT molecular complexity index is 2480. The molecule has 0 spiro atoms. The van der Waals surface area contributed by atoms with E-state index in [1.165, 1.54) is 6.07 Å². The predicted octanol–water partition coefficient (Wildman–Crippen LogP) is 9.80. The van der Waals surface area contributed by atoms with E-state index in [1.54, 1.807) is 92.6 Å². The van der Waals surface area contributed by atoms with E-state index in [4.69, 9.17) is 42.1 Å². The summed E-state index contributed by atoms with van der Waals surface area (Å²) in [6, 6.07) is 27.1. The number of alkyl carbamates (subject to hydrolysis) is 2. The molecular formula is C56H72Cl2N4O12. The van der Waals surface area contributed by atoms with E-state index in [-0.39, 0.29) is 68.3 Å². The van der Waals surface area contributed by atoms with E-state index in [1.807, 2.05) is 60.7 Å². The predicted molar refractivity (Wildman–Crippen MR) is 284 cm³/mol. The maximum atomic E-state index is 13.2. The lowest BCUT2D eigenvalue weighted by atomic mass is 9.95. The molecule has 5 N–H and O–H groups in total. The van der Waals surface area contributed by atoms with Crippen LogP contribution < -0.4 is 26.0 Å². The molecule has 0 aliphatic carbocycles. The molecule has 0 heterocycles. The topological polar surface area (TPSA) is 225 Å². The molecule has 0 aliphatic rings. The van der Waals surface area contributed by atoms with Gasteiger partial charge < -0.3 is 45.3 Å². The number of phenolic OH excluding ortho intramolecular Hbond substituents is 1. The monoisotopic (exact) mass is 1060 g/mol. The number of nitrogens with one attached hydrogen (secondary N) is 4. The molecule has 402 valence electrons. The van der Waals surface area contributed by atoms with Crippen LogP contribution in [0.25, 0.3) is 0 Å². The second kappa shape index (κ2) is 30.5. The minimum atomic E-state index is -0.818. The number of ketones is 2. The Morgan fingerprint density at radius 1 is 0.595 bits per heavy atom. The van der Waals surface area contributed by atoms with Crippen LogP contribution in [0, 0.1) is 11.8 Å². The number of phenols is 1. The van der Waals surface area contributed by atoms with Crippen molar-refractivity contribution < 1.29 is 57.6 Å². The van der Waals surface area contributed by atoms with Gasteiger partial charge in [-0.25, -0.2) is 14.4 Å². The number of halogens is 2. The highest BCUT2D eigenvalue weighted by molar-refractivity contribution is 6.31. The summed E-state index contributed by atoms with van der Waals surface area (Å²) in [5, 5.41) is 21.6. The summed E-state index contributed by atoms with van der Waals surface area (Å²) in [7, 11) is 0. The first-order valence-electron chi connectivity index (χ1n) is 24.5. The van der Waals surface area contributed by atoms with Gasteiger partial charge in [0.25, 0.3) is 0 Å². The number of aryl methyl sites for hydroxylation is 2. The summed E-state index contributed by atoms with van der Waals surface area (Å²) in [4.78, 5) is 88.2. The fourth-order valence-corrected chi connectivity index (χ4v) is 7.48. The molecule has 0 saturated carbocycles. The van der Waals surface area contributed by atoms with Gasteiger partial charge in [-0.1, -0.05) is 97.7 Å². The fourth-order valence-electron chi connectivity index (χ4n) is 7.09. The van der Waals surface area contributed by atoms with Crippen LogP contribution in [0.15, 0.2) is 97.1 Å². The number of carbonyl (C=O) groups excluding carboxylic acids is 7. The van der Waals surface area contributed by atoms with Gasteiger partial charge in [0.05, 0.1) is 18.7 Å². The van der Waals surface area contributed by atoms with Gasteiger partial charge >= 0.3 is 18.2 Å². The van der Waals surface area contributed by atoms with Crippen molar-refractivity contribution in [3.63, 3.8) is 0 Å². The highest BCUT2D eigenvalue weighted by Gasteiger charge is 2.29. The van der Waals surface area contributed by atoms with Crippen LogP contribution >= 0.6 is 23.2 Å². The number of ether oxygens (including phenoxy) is 4. The molecule has 74 heavy (non-hydrogen) atoms. The number of aromatic hydroxyl groups is 1. The van der Waals surface area contributed by atoms with Gasteiger partial charge in [0.15, 0.2) is 18.2 Å². The van der Waals surface area contributed by atoms with Crippen molar-refractivity contribution in [2.45, 2.75) is 137 Å². The molecule has 4 rings (SSSR count). The zero-order valence-corrected chi connectivity index (χ0v) is 45.3. The van der Waals surface area contributed by atoms with Crippen molar-refractivity contribution in [2.75, 3.05) is 13.2 Å². The molecule has 4 aromatic carbocycles. The largest absolute Gasteiger partial charge is 0.508 e. The maximum Gasteiger partial charge on any atom is 0.408 e. The maximum absolute atomic E-state index is 13.2. The van der Waals surface area contributed by atoms with Gasteiger partial charge in [-0.15, -0.1) is 0 Å². The number of amides is 4. The minimum absolute atomic E-state index is 0.0240. The Labute approximate surface area is 444 Å². The minimum Gasteiger partial charge on any atom is -0.508 e. The number of esters is 1. The highest BCUT2D eigenvalue weighted by Crippen LogP contribution is 2.24. The first-order valence-corrected chi connectivity index (χ1v) is 25.3. The molecule has 16 nitrogen and oxygen atoms in total. The third-order valence-corrected chi connectivity index (χ3v) is 11.3. The smallest absolute Gasteiger partial charge is 0.408 e. The van der Waals surface area contributed by atoms with Crippen molar-refractivity contribution in [1.29, 1.82) is 0 Å². The van der Waals surface area contributed by atoms with E-state index >= 15 is 0 Å². The van der Waals surface area contributed by atoms with Crippen molar-refractivity contribution in [3.05, 3.63) is 129 Å². The van der Waals surface area contributed by atoms with Crippen LogP contribution in [0.3, 0.4) is 0 Å². The molecule has 4 aromatic rings. The first-order chi connectivity index (χ1) is 34.8. The first kappa shape index (κ1) is 61.6. The zero-order valence-electron chi connectivity index (χ0n) is 43.8. The molecule has 4 atom stereocenters. The van der Waals surface area contributed by atoms with Crippen LogP contribution in [0.2, 0.25) is 10.0 Å². The molecule has 0 saturated heterocycles. The second-order valence-electron chi connectivity index (χ2n) is 19.6. The van der Waals surface area contributed by atoms with Gasteiger partial charge in [0.1, 0.15) is 22.7 Å². The summed E-state index contributed by atoms with van der Waals surface area (Å²) in [6.07, 6.45) is 0.400. The van der Waals surface area contributed by atoms with Crippen LogP contribution in [-0.2, 0) is 64.1 Å². The third-order valence-electron chi connectivity index (χ3n) is 10.8. The molecule has 18 heteroatoms. The Morgan fingerprint density at radius 3 is 1.45 bits per heavy atom. The summed E-state index contributed by atoms with van der Waals surface area (Å²) in [5.74, 6) is -2.64. The number of hydrogen-bond donors (Lipinski definition) is 5. The normalized spacial score (nSPS) is 12.7. The van der Waals surface area contributed by atoms with E-state index in [2.05, 4.69) is 21.3 Å². The standard InChI is InChI=1S/C30H39ClN2O7.C26H33ClN2O5/c1-6-38-27(35)19-39-26-15-13-23(31)17-22(26)18-32-28(36)20(2)16-25(34)24(33-29(37)40-30(3,4)5)14-12-21-10-8-7-9-11-21;1-17(24(32)28-16-19-15-20(27)11-13-22(19)30)14-23(31)21(29-25(33)34-26(2,3)4)12-10-18-8-6-5-7-9-18/h7-11,13,15,17,20,24H,6,12,14,16,18-19H2,1-5H3,(H,32,36)(H,33,37);5-9,11,13,15,17,21,30H,10,12,14,16H2,1-4H3,(H,28,32)(H,29,33)/t20-,24-;17-,21-/m11/s1. The lowest BCUT2D eigenvalue weighted by Crippen LogP contribution is -2.44. The highest BCUT2D eigenvalue weighted by atomic mass is 35.5. The van der Waals surface area contributed by atoms with Gasteiger partial charge in [-0.05, 0) is 122 Å². The molecule has 0 aromatic heterocycles. The zero-order chi connectivity index (χ0) is 55.0. The van der Waals surface area contributed by atoms with Gasteiger partial charge in [-0.2, -0.15) is 0 Å². The molecule has 0 fully saturated rings. The molecule has 0 radical (unpaired) electrons. The molecule has 4 amide bonds. The van der Waals surface area contributed by atoms with Gasteiger partial charge in [0.2, 0.25) is 11.8 Å². The SMILES string of the molecule is CCOC(=O)COc1ccc(Cl)cc1CNC(=O)[C@H](C)CC(=O)[C@@H](CCc1ccccc1)NC(=O)OC(C)(C)C.C[C@H](CC(=O)[C@@H](CCc1ccccc1)NC(=O)OC(C)(C)C)C(=O)NCc1cc(Cl)ccc1O. The van der Waals surface area contributed by atoms with Crippen molar-refractivity contribution in [2.24, 2.45) is 11.8 Å². The van der Waals surface area contributed by atoms with E-state index in [0.29, 0.717) is 52.6 Å². The Balaban J connectivity index is 0.000000395. The van der Waals surface area contributed by atoms with Crippen LogP contribution in [0.1, 0.15) is 110 Å². The second-order valence-corrected chi connectivity index (χ2v) is 20.5. The Kier molecular flexibility index (Phi) is 25.4. The lowest BCUT2D eigenvalue weighted by molar-refractivity contribution is -0.145. The van der Waals surface area contributed by atoms with Crippen LogP contribution in [0.4, 0.5) is 9.59 Å². The van der Waals surface area contributed by atoms with Gasteiger partial charge in [0, 0.05) is 58.9 Å². The molecule has 0 aliphatic heterocycles. The van der Waals surface area contributed by atoms with E-state index in [9.17, 15) is 38.7 Å². The summed E-state index contributed by atoms with van der Waals surface area (Å²) in [5.41, 5.74) is 1.69. The number of carbonyl (C=O) groups is 7. The van der Waals surface area contributed by atoms with Crippen LogP contribution in [0.5, 0.6) is 11.5 Å². The summed E-state index contributed by atoms with van der Waals surface area (Å²) >= 11 is 12.1. The fraction of sp³-hybridized carbons (Fsp3) is 0.446. The summed E-state index contributed by atoms with van der Waals surface area (Å²) in [6.45, 7) is 15.6. The number of rotatable bonds is 24. The average molecular weight is 1060 g/mol. The Hall–Kier alpha value is -6.65. The van der Waals surface area contributed by atoms with Crippen molar-refractivity contribution >= 4 is 64.7 Å². The average Bonchev–Trinajstić information content (AvgIpc) is 3.32. The quantitative estimate of drug-likeness (QED) is 0.0327. The molecule has 0 unspecified atom stereocenters. The Morgan fingerprint density at radius 2 is 1.01 bits per heavy atom. The number of benzene rings is 4. The van der Waals surface area contributed by atoms with Crippen molar-refractivity contribution in [3.8, 4) is 11.5 Å². The number of Topliss-reactive ketones (excluding diaryl/α,β-unsaturated/α-hetero) is 2. The lowest BCUT2D eigenvalue weighted by Gasteiger charge is -2.24. The van der Waals surface area contributed by atoms with Crippen LogP contribution in [-0.4, -0.2) is 83.1 Å². The third kappa shape index (κ3) is 24.4. The van der Waals surface area contributed by atoms with Gasteiger partial charge in [-0.3, -0.25) is 19.2 Å². The van der Waals surface area contributed by atoms with E-state index < -0.39 is 53.3 Å². The number of hydrogen-bond acceptors (Lipinski definition) is 12. The van der Waals surface area contributed by atoms with E-state index in [0.717, 1.165) is 11.1 Å². The van der Waals surface area contributed by atoms with Crippen molar-refractivity contribution in [1.82, 2.24) is 21.3 Å². The summed E-state index contributed by atoms with van der Waals surface area (Å²) < 4.78 is 21.1.